The van der Waals surface area contributed by atoms with Crippen LogP contribution in [0.5, 0.6) is 11.5 Å². The van der Waals surface area contributed by atoms with Crippen molar-refractivity contribution in [2.24, 2.45) is 4.99 Å². The molecule has 1 N–H and O–H groups in total. The van der Waals surface area contributed by atoms with Crippen LogP contribution in [0.25, 0.3) is 0 Å². The molecular formula is C15H14ClNO2. The number of phenols is 1. The van der Waals surface area contributed by atoms with E-state index in [9.17, 15) is 5.11 Å². The summed E-state index contributed by atoms with van der Waals surface area (Å²) in [6.45, 7) is 1.93. The third kappa shape index (κ3) is 3.26. The number of halogens is 1. The van der Waals surface area contributed by atoms with Gasteiger partial charge < -0.3 is 9.84 Å². The molecule has 0 aliphatic rings. The fourth-order valence-corrected chi connectivity index (χ4v) is 1.89. The molecule has 2 aromatic rings. The van der Waals surface area contributed by atoms with Gasteiger partial charge in [-0.25, -0.2) is 0 Å². The van der Waals surface area contributed by atoms with Gasteiger partial charge in [-0.05, 0) is 48.9 Å². The minimum absolute atomic E-state index is 0.163. The molecule has 0 spiro atoms. The van der Waals surface area contributed by atoms with E-state index >= 15 is 0 Å². The molecule has 0 radical (unpaired) electrons. The fourth-order valence-electron chi connectivity index (χ4n) is 1.67. The fraction of sp³-hybridized carbons (Fsp3) is 0.133. The lowest BCUT2D eigenvalue weighted by Gasteiger charge is -2.04. The summed E-state index contributed by atoms with van der Waals surface area (Å²) in [6.07, 6.45) is 1.61. The van der Waals surface area contributed by atoms with Gasteiger partial charge in [-0.2, -0.15) is 0 Å². The van der Waals surface area contributed by atoms with Crippen molar-refractivity contribution in [3.8, 4) is 11.5 Å². The molecule has 98 valence electrons. The number of methoxy groups -OCH3 is 1. The highest BCUT2D eigenvalue weighted by molar-refractivity contribution is 6.30. The van der Waals surface area contributed by atoms with Crippen LogP contribution in [0.15, 0.2) is 41.4 Å². The second-order valence-electron chi connectivity index (χ2n) is 4.11. The third-order valence-electron chi connectivity index (χ3n) is 2.74. The number of rotatable bonds is 3. The molecular weight excluding hydrogens is 262 g/mol. The molecule has 0 fully saturated rings. The number of hydrogen-bond donors (Lipinski definition) is 1. The number of benzene rings is 2. The van der Waals surface area contributed by atoms with Crippen LogP contribution in [0, 0.1) is 6.92 Å². The molecule has 0 saturated heterocycles. The minimum Gasteiger partial charge on any atom is -0.507 e. The van der Waals surface area contributed by atoms with E-state index in [0.717, 1.165) is 11.3 Å². The highest BCUT2D eigenvalue weighted by atomic mass is 35.5. The Morgan fingerprint density at radius 3 is 2.68 bits per heavy atom. The smallest absolute Gasteiger partial charge is 0.124 e. The van der Waals surface area contributed by atoms with Crippen LogP contribution in [-0.2, 0) is 0 Å². The Bertz CT molecular complexity index is 624. The average molecular weight is 276 g/mol. The zero-order valence-electron chi connectivity index (χ0n) is 10.7. The van der Waals surface area contributed by atoms with Crippen LogP contribution in [0.1, 0.15) is 11.1 Å². The largest absolute Gasteiger partial charge is 0.507 e. The lowest BCUT2D eigenvalue weighted by Crippen LogP contribution is -1.87. The zero-order chi connectivity index (χ0) is 13.8. The van der Waals surface area contributed by atoms with Crippen molar-refractivity contribution in [3.63, 3.8) is 0 Å². The van der Waals surface area contributed by atoms with Crippen LogP contribution in [0.4, 0.5) is 5.69 Å². The summed E-state index contributed by atoms with van der Waals surface area (Å²) < 4.78 is 5.11. The van der Waals surface area contributed by atoms with E-state index in [1.807, 2.05) is 19.1 Å². The maximum atomic E-state index is 9.75. The maximum Gasteiger partial charge on any atom is 0.124 e. The van der Waals surface area contributed by atoms with Gasteiger partial charge in [0.15, 0.2) is 0 Å². The van der Waals surface area contributed by atoms with Gasteiger partial charge >= 0.3 is 0 Å². The van der Waals surface area contributed by atoms with E-state index in [1.165, 1.54) is 0 Å². The van der Waals surface area contributed by atoms with Crippen LogP contribution in [0.3, 0.4) is 0 Å². The molecule has 0 bridgehead atoms. The molecule has 2 rings (SSSR count). The minimum atomic E-state index is 0.163. The Morgan fingerprint density at radius 1 is 1.21 bits per heavy atom. The third-order valence-corrected chi connectivity index (χ3v) is 2.97. The van der Waals surface area contributed by atoms with Crippen molar-refractivity contribution >= 4 is 23.5 Å². The Kier molecular flexibility index (Phi) is 4.07. The Hall–Kier alpha value is -2.00. The molecule has 0 aromatic heterocycles. The number of phenolic OH excluding ortho intramolecular Hbond substituents is 1. The first-order chi connectivity index (χ1) is 9.10. The summed E-state index contributed by atoms with van der Waals surface area (Å²) in [5.74, 6) is 0.836. The lowest BCUT2D eigenvalue weighted by molar-refractivity contribution is 0.412. The Morgan fingerprint density at radius 2 is 2.00 bits per heavy atom. The quantitative estimate of drug-likeness (QED) is 0.857. The van der Waals surface area contributed by atoms with Crippen LogP contribution >= 0.6 is 11.6 Å². The predicted molar refractivity (Wildman–Crippen MR) is 78.1 cm³/mol. The number of aryl methyl sites for hydroxylation is 1. The molecule has 0 aliphatic carbocycles. The molecule has 2 aromatic carbocycles. The van der Waals surface area contributed by atoms with Gasteiger partial charge in [0.05, 0.1) is 12.8 Å². The first-order valence-electron chi connectivity index (χ1n) is 5.77. The van der Waals surface area contributed by atoms with E-state index in [0.29, 0.717) is 16.3 Å². The number of hydrogen-bond acceptors (Lipinski definition) is 3. The molecule has 0 aliphatic heterocycles. The number of nitrogens with zero attached hydrogens (tertiary/aromatic N) is 1. The van der Waals surface area contributed by atoms with Gasteiger partial charge in [0.25, 0.3) is 0 Å². The highest BCUT2D eigenvalue weighted by Crippen LogP contribution is 2.25. The Balaban J connectivity index is 2.32. The molecule has 0 heterocycles. The second-order valence-corrected chi connectivity index (χ2v) is 4.55. The van der Waals surface area contributed by atoms with E-state index < -0.39 is 0 Å². The van der Waals surface area contributed by atoms with E-state index in [4.69, 9.17) is 16.3 Å². The molecule has 19 heavy (non-hydrogen) atoms. The molecule has 0 saturated carbocycles. The van der Waals surface area contributed by atoms with Crippen molar-refractivity contribution in [1.82, 2.24) is 0 Å². The van der Waals surface area contributed by atoms with Gasteiger partial charge in [-0.3, -0.25) is 4.99 Å². The molecule has 3 nitrogen and oxygen atoms in total. The summed E-state index contributed by atoms with van der Waals surface area (Å²) in [6, 6.07) is 10.5. The van der Waals surface area contributed by atoms with Crippen molar-refractivity contribution in [2.45, 2.75) is 6.92 Å². The lowest BCUT2D eigenvalue weighted by atomic mass is 10.2. The van der Waals surface area contributed by atoms with Gasteiger partial charge in [-0.15, -0.1) is 0 Å². The van der Waals surface area contributed by atoms with Crippen molar-refractivity contribution in [2.75, 3.05) is 7.11 Å². The predicted octanol–water partition coefficient (Wildman–Crippen LogP) is 4.11. The zero-order valence-corrected chi connectivity index (χ0v) is 11.5. The van der Waals surface area contributed by atoms with Gasteiger partial charge in [0, 0.05) is 16.8 Å². The number of aromatic hydroxyl groups is 1. The van der Waals surface area contributed by atoms with Crippen LogP contribution in [-0.4, -0.2) is 18.4 Å². The van der Waals surface area contributed by atoms with Gasteiger partial charge in [0.2, 0.25) is 0 Å². The SMILES string of the molecule is COc1ccc(O)c(C=Nc2ccc(Cl)cc2C)c1. The second kappa shape index (κ2) is 5.76. The standard InChI is InChI=1S/C15H14ClNO2/c1-10-7-12(16)3-5-14(10)17-9-11-8-13(19-2)4-6-15(11)18/h3-9,18H,1-2H3. The molecule has 0 amide bonds. The summed E-state index contributed by atoms with van der Waals surface area (Å²) in [7, 11) is 1.58. The molecule has 0 unspecified atom stereocenters. The average Bonchev–Trinajstić information content (AvgIpc) is 2.39. The van der Waals surface area contributed by atoms with Crippen molar-refractivity contribution < 1.29 is 9.84 Å². The number of ether oxygens (including phenoxy) is 1. The van der Waals surface area contributed by atoms with E-state index in [1.54, 1.807) is 37.6 Å². The van der Waals surface area contributed by atoms with Gasteiger partial charge in [0.1, 0.15) is 11.5 Å². The number of aliphatic imine (C=N–C) groups is 1. The first kappa shape index (κ1) is 13.4. The van der Waals surface area contributed by atoms with Crippen molar-refractivity contribution in [3.05, 3.63) is 52.5 Å². The van der Waals surface area contributed by atoms with Crippen LogP contribution < -0.4 is 4.74 Å². The molecule has 4 heteroatoms. The molecule has 0 atom stereocenters. The van der Waals surface area contributed by atoms with Crippen molar-refractivity contribution in [1.29, 1.82) is 0 Å². The van der Waals surface area contributed by atoms with Gasteiger partial charge in [-0.1, -0.05) is 11.6 Å². The van der Waals surface area contributed by atoms with E-state index in [2.05, 4.69) is 4.99 Å². The summed E-state index contributed by atoms with van der Waals surface area (Å²) in [5, 5.41) is 10.4. The summed E-state index contributed by atoms with van der Waals surface area (Å²) in [4.78, 5) is 4.35. The summed E-state index contributed by atoms with van der Waals surface area (Å²) >= 11 is 5.89. The Labute approximate surface area is 117 Å². The highest BCUT2D eigenvalue weighted by Gasteiger charge is 2.01. The maximum absolute atomic E-state index is 9.75. The normalized spacial score (nSPS) is 10.9. The summed E-state index contributed by atoms with van der Waals surface area (Å²) in [5.41, 5.74) is 2.39. The topological polar surface area (TPSA) is 41.8 Å². The first-order valence-corrected chi connectivity index (χ1v) is 6.15. The van der Waals surface area contributed by atoms with E-state index in [-0.39, 0.29) is 5.75 Å². The monoisotopic (exact) mass is 275 g/mol. The van der Waals surface area contributed by atoms with Crippen LogP contribution in [0.2, 0.25) is 5.02 Å².